The third-order valence-corrected chi connectivity index (χ3v) is 14.0. The molecule has 0 spiro atoms. The van der Waals surface area contributed by atoms with Crippen molar-refractivity contribution < 1.29 is 5.11 Å². The van der Waals surface area contributed by atoms with Crippen molar-refractivity contribution in [1.82, 2.24) is 0 Å². The monoisotopic (exact) mass is 470 g/mol. The van der Waals surface area contributed by atoms with Gasteiger partial charge in [0, 0.05) is 11.5 Å². The van der Waals surface area contributed by atoms with Crippen molar-refractivity contribution in [3.63, 3.8) is 0 Å². The highest BCUT2D eigenvalue weighted by Gasteiger charge is 2.70. The quantitative estimate of drug-likeness (QED) is 0.423. The van der Waals surface area contributed by atoms with Crippen LogP contribution in [0.1, 0.15) is 105 Å². The molecule has 3 nitrogen and oxygen atoms in total. The van der Waals surface area contributed by atoms with Gasteiger partial charge >= 0.3 is 0 Å². The van der Waals surface area contributed by atoms with E-state index in [4.69, 9.17) is 11.5 Å². The van der Waals surface area contributed by atoms with Gasteiger partial charge in [-0.3, -0.25) is 0 Å². The van der Waals surface area contributed by atoms with E-state index >= 15 is 0 Å². The van der Waals surface area contributed by atoms with E-state index in [9.17, 15) is 5.11 Å². The topological polar surface area (TPSA) is 72.3 Å². The van der Waals surface area contributed by atoms with Gasteiger partial charge in [-0.1, -0.05) is 33.3 Å². The molecule has 0 aromatic heterocycles. The summed E-state index contributed by atoms with van der Waals surface area (Å²) in [4.78, 5) is 0. The number of hydrogen-bond acceptors (Lipinski definition) is 3. The number of allylic oxidation sites excluding steroid dienone is 1. The van der Waals surface area contributed by atoms with E-state index in [-0.39, 0.29) is 18.1 Å². The number of aliphatic hydroxyl groups is 1. The summed E-state index contributed by atoms with van der Waals surface area (Å²) in [6.45, 7) is 18.0. The predicted octanol–water partition coefficient (Wildman–Crippen LogP) is 6.29. The largest absolute Gasteiger partial charge is 0.396 e. The second-order valence-corrected chi connectivity index (χ2v) is 15.0. The first-order chi connectivity index (χ1) is 15.9. The Balaban J connectivity index is 1.53. The lowest BCUT2D eigenvalue weighted by atomic mass is 9.32. The molecule has 5 fully saturated rings. The van der Waals surface area contributed by atoms with Crippen molar-refractivity contribution in [1.29, 1.82) is 0 Å². The van der Waals surface area contributed by atoms with Gasteiger partial charge in [0.1, 0.15) is 0 Å². The molecule has 5 rings (SSSR count). The number of aliphatic hydroxyl groups excluding tert-OH is 1. The molecule has 5 saturated carbocycles. The van der Waals surface area contributed by atoms with Crippen molar-refractivity contribution in [3.05, 3.63) is 12.2 Å². The van der Waals surface area contributed by atoms with Crippen molar-refractivity contribution in [3.8, 4) is 0 Å². The molecular formula is C31H54N2O. The molecule has 0 bridgehead atoms. The van der Waals surface area contributed by atoms with Crippen LogP contribution < -0.4 is 11.5 Å². The molecule has 0 radical (unpaired) electrons. The van der Waals surface area contributed by atoms with Gasteiger partial charge in [0.15, 0.2) is 0 Å². The molecular weight excluding hydrogens is 416 g/mol. The molecule has 0 aliphatic heterocycles. The summed E-state index contributed by atoms with van der Waals surface area (Å²) < 4.78 is 0. The van der Waals surface area contributed by atoms with Crippen molar-refractivity contribution in [2.45, 2.75) is 111 Å². The van der Waals surface area contributed by atoms with Gasteiger partial charge in [-0.2, -0.15) is 0 Å². The molecule has 194 valence electrons. The van der Waals surface area contributed by atoms with Crippen LogP contribution in [0.5, 0.6) is 0 Å². The predicted molar refractivity (Wildman–Crippen MR) is 142 cm³/mol. The molecule has 11 unspecified atom stereocenters. The van der Waals surface area contributed by atoms with E-state index in [1.165, 1.54) is 69.8 Å². The highest BCUT2D eigenvalue weighted by Crippen LogP contribution is 2.77. The first-order valence-corrected chi connectivity index (χ1v) is 14.6. The van der Waals surface area contributed by atoms with Crippen LogP contribution in [0.4, 0.5) is 0 Å². The summed E-state index contributed by atoms with van der Waals surface area (Å²) in [6.07, 6.45) is 14.2. The minimum absolute atomic E-state index is 0.132. The fraction of sp³-hybridized carbons (Fsp3) is 0.935. The maximum absolute atomic E-state index is 10.5. The molecule has 0 heterocycles. The van der Waals surface area contributed by atoms with Crippen molar-refractivity contribution in [2.75, 3.05) is 13.2 Å². The molecule has 5 N–H and O–H groups in total. The Morgan fingerprint density at radius 1 is 0.882 bits per heavy atom. The fourth-order valence-corrected chi connectivity index (χ4v) is 12.0. The van der Waals surface area contributed by atoms with Crippen LogP contribution in [-0.2, 0) is 0 Å². The summed E-state index contributed by atoms with van der Waals surface area (Å²) in [7, 11) is 0. The van der Waals surface area contributed by atoms with E-state index in [0.29, 0.717) is 27.6 Å². The Morgan fingerprint density at radius 2 is 1.62 bits per heavy atom. The lowest BCUT2D eigenvalue weighted by molar-refractivity contribution is -0.242. The van der Waals surface area contributed by atoms with E-state index in [0.717, 1.165) is 36.6 Å². The molecule has 5 aliphatic rings. The normalized spacial score (nSPS) is 56.7. The first kappa shape index (κ1) is 25.3. The van der Waals surface area contributed by atoms with E-state index in [2.05, 4.69) is 41.2 Å². The van der Waals surface area contributed by atoms with Crippen LogP contribution in [0.3, 0.4) is 0 Å². The third kappa shape index (κ3) is 3.05. The molecule has 0 amide bonds. The van der Waals surface area contributed by atoms with Gasteiger partial charge in [0.25, 0.3) is 0 Å². The molecule has 34 heavy (non-hydrogen) atoms. The summed E-state index contributed by atoms with van der Waals surface area (Å²) in [6, 6.07) is 0.132. The number of hydrogen-bond donors (Lipinski definition) is 3. The highest BCUT2D eigenvalue weighted by atomic mass is 16.3. The van der Waals surface area contributed by atoms with Gasteiger partial charge in [0.05, 0.1) is 6.61 Å². The third-order valence-electron chi connectivity index (χ3n) is 14.0. The summed E-state index contributed by atoms with van der Waals surface area (Å²) in [5.41, 5.74) is 16.0. The van der Waals surface area contributed by atoms with Gasteiger partial charge in [-0.25, -0.2) is 0 Å². The van der Waals surface area contributed by atoms with Crippen LogP contribution in [-0.4, -0.2) is 24.3 Å². The second kappa shape index (κ2) is 8.06. The van der Waals surface area contributed by atoms with Crippen molar-refractivity contribution in [2.24, 2.45) is 68.1 Å². The van der Waals surface area contributed by atoms with E-state index < -0.39 is 0 Å². The Hall–Kier alpha value is -0.380. The average molecular weight is 471 g/mol. The highest BCUT2D eigenvalue weighted by molar-refractivity contribution is 5.20. The molecule has 11 atom stereocenters. The summed E-state index contributed by atoms with van der Waals surface area (Å²) >= 11 is 0. The van der Waals surface area contributed by atoms with Crippen molar-refractivity contribution >= 4 is 0 Å². The summed E-state index contributed by atoms with van der Waals surface area (Å²) in [5, 5.41) is 10.5. The molecule has 0 aromatic rings. The first-order valence-electron chi connectivity index (χ1n) is 14.6. The SMILES string of the molecule is C=C(C)CC1CCC2(CN)CCC3(C)C(CCC4C5(C)CCC(N)C(C)(CO)C5CCC43C)C12. The van der Waals surface area contributed by atoms with Crippen LogP contribution in [0, 0.1) is 56.7 Å². The standard InChI is InChI=1S/C31H54N2O/c1-20(2)17-21-9-14-31(18-32)16-15-29(5)22(26(21)31)7-8-24-27(3)12-11-25(33)28(4,19-34)23(27)10-13-30(24,29)6/h21-26,34H,1,7-19,32-33H2,2-6H3. The number of nitrogens with two attached hydrogens (primary N) is 2. The maximum atomic E-state index is 10.5. The van der Waals surface area contributed by atoms with Gasteiger partial charge < -0.3 is 16.6 Å². The second-order valence-electron chi connectivity index (χ2n) is 15.0. The van der Waals surface area contributed by atoms with Gasteiger partial charge in [-0.15, -0.1) is 6.58 Å². The van der Waals surface area contributed by atoms with Crippen LogP contribution in [0.25, 0.3) is 0 Å². The minimum atomic E-state index is -0.134. The van der Waals surface area contributed by atoms with Crippen LogP contribution in [0.2, 0.25) is 0 Å². The molecule has 0 saturated heterocycles. The Kier molecular flexibility index (Phi) is 5.99. The van der Waals surface area contributed by atoms with Crippen LogP contribution >= 0.6 is 0 Å². The molecule has 0 aromatic carbocycles. The lowest BCUT2D eigenvalue weighted by Gasteiger charge is -2.73. The Morgan fingerprint density at radius 3 is 2.26 bits per heavy atom. The van der Waals surface area contributed by atoms with Gasteiger partial charge in [0.2, 0.25) is 0 Å². The maximum Gasteiger partial charge on any atom is 0.0502 e. The zero-order chi connectivity index (χ0) is 24.7. The summed E-state index contributed by atoms with van der Waals surface area (Å²) in [5.74, 6) is 3.64. The zero-order valence-corrected chi connectivity index (χ0v) is 23.0. The Labute approximate surface area is 209 Å². The number of rotatable bonds is 4. The molecule has 3 heteroatoms. The fourth-order valence-electron chi connectivity index (χ4n) is 12.0. The van der Waals surface area contributed by atoms with Crippen LogP contribution in [0.15, 0.2) is 12.2 Å². The van der Waals surface area contributed by atoms with Gasteiger partial charge in [-0.05, 0) is 135 Å². The lowest BCUT2D eigenvalue weighted by Crippen LogP contribution is -2.68. The van der Waals surface area contributed by atoms with E-state index in [1.807, 2.05) is 0 Å². The zero-order valence-electron chi connectivity index (χ0n) is 23.0. The Bertz CT molecular complexity index is 826. The minimum Gasteiger partial charge on any atom is -0.396 e. The number of fused-ring (bicyclic) bond motifs is 7. The average Bonchev–Trinajstić information content (AvgIpc) is 3.15. The van der Waals surface area contributed by atoms with E-state index in [1.54, 1.807) is 0 Å². The molecule has 5 aliphatic carbocycles. The smallest absolute Gasteiger partial charge is 0.0502 e.